The highest BCUT2D eigenvalue weighted by atomic mass is 16.6. The molecule has 0 unspecified atom stereocenters. The molecule has 1 aromatic rings. The van der Waals surface area contributed by atoms with Crippen LogP contribution in [0, 0.1) is 22.5 Å². The highest BCUT2D eigenvalue weighted by molar-refractivity contribution is 5.89. The fourth-order valence-corrected chi connectivity index (χ4v) is 1.01. The molecule has 1 rings (SSSR count). The fourth-order valence-electron chi connectivity index (χ4n) is 1.01. The molecule has 16 heavy (non-hydrogen) atoms. The minimum atomic E-state index is -0.537. The van der Waals surface area contributed by atoms with Gasteiger partial charge >= 0.3 is 5.97 Å². The van der Waals surface area contributed by atoms with Crippen LogP contribution in [0.5, 0.6) is 0 Å². The molecule has 82 valence electrons. The van der Waals surface area contributed by atoms with Crippen LogP contribution < -0.4 is 0 Å². The maximum atomic E-state index is 11.3. The topological polar surface area (TPSA) is 69.4 Å². The molecule has 0 atom stereocenters. The number of terminal acetylenes is 1. The van der Waals surface area contributed by atoms with E-state index < -0.39 is 10.9 Å². The molecule has 0 fully saturated rings. The Hall–Kier alpha value is -2.35. The molecule has 5 nitrogen and oxygen atoms in total. The van der Waals surface area contributed by atoms with Crippen molar-refractivity contribution in [1.82, 2.24) is 0 Å². The average molecular weight is 219 g/mol. The van der Waals surface area contributed by atoms with Crippen molar-refractivity contribution in [2.24, 2.45) is 0 Å². The van der Waals surface area contributed by atoms with Crippen molar-refractivity contribution < 1.29 is 14.5 Å². The van der Waals surface area contributed by atoms with Crippen LogP contribution in [0.15, 0.2) is 24.3 Å². The molecule has 0 heterocycles. The lowest BCUT2D eigenvalue weighted by Gasteiger charge is -2.01. The fraction of sp³-hybridized carbons (Fsp3) is 0.182. The molecule has 0 aliphatic carbocycles. The summed E-state index contributed by atoms with van der Waals surface area (Å²) < 4.78 is 4.82. The van der Waals surface area contributed by atoms with E-state index in [4.69, 9.17) is 11.2 Å². The molecule has 0 aromatic heterocycles. The smallest absolute Gasteiger partial charge is 0.338 e. The highest BCUT2D eigenvalue weighted by Gasteiger charge is 2.09. The predicted octanol–water partition coefficient (Wildman–Crippen LogP) is 1.77. The van der Waals surface area contributed by atoms with Gasteiger partial charge in [-0.3, -0.25) is 10.1 Å². The maximum Gasteiger partial charge on any atom is 0.338 e. The van der Waals surface area contributed by atoms with Gasteiger partial charge in [-0.15, -0.1) is 12.3 Å². The number of hydrogen-bond acceptors (Lipinski definition) is 4. The summed E-state index contributed by atoms with van der Waals surface area (Å²) in [5, 5.41) is 10.4. The molecule has 0 saturated heterocycles. The van der Waals surface area contributed by atoms with Gasteiger partial charge in [-0.25, -0.2) is 4.79 Å². The lowest BCUT2D eigenvalue weighted by molar-refractivity contribution is -0.384. The number of esters is 1. The number of hydrogen-bond donors (Lipinski definition) is 0. The monoisotopic (exact) mass is 219 g/mol. The van der Waals surface area contributed by atoms with E-state index in [0.29, 0.717) is 6.42 Å². The Bertz CT molecular complexity index is 430. The first-order valence-electron chi connectivity index (χ1n) is 4.50. The quantitative estimate of drug-likeness (QED) is 0.254. The van der Waals surface area contributed by atoms with Crippen LogP contribution in [0.2, 0.25) is 0 Å². The number of carbonyl (C=O) groups excluding carboxylic acids is 1. The maximum absolute atomic E-state index is 11.3. The van der Waals surface area contributed by atoms with Gasteiger partial charge in [0, 0.05) is 18.6 Å². The number of benzene rings is 1. The first kappa shape index (κ1) is 11.7. The molecule has 0 saturated carbocycles. The second-order valence-electron chi connectivity index (χ2n) is 2.89. The summed E-state index contributed by atoms with van der Waals surface area (Å²) in [6.07, 6.45) is 5.34. The van der Waals surface area contributed by atoms with Crippen LogP contribution in [0.1, 0.15) is 16.8 Å². The summed E-state index contributed by atoms with van der Waals surface area (Å²) in [7, 11) is 0. The van der Waals surface area contributed by atoms with Crippen LogP contribution in [-0.2, 0) is 4.74 Å². The van der Waals surface area contributed by atoms with E-state index in [1.165, 1.54) is 24.3 Å². The van der Waals surface area contributed by atoms with Gasteiger partial charge in [0.2, 0.25) is 0 Å². The van der Waals surface area contributed by atoms with Crippen molar-refractivity contribution in [3.8, 4) is 12.3 Å². The zero-order valence-corrected chi connectivity index (χ0v) is 8.38. The Kier molecular flexibility index (Phi) is 4.04. The van der Waals surface area contributed by atoms with E-state index in [1.807, 2.05) is 0 Å². The Labute approximate surface area is 92.2 Å². The molecular weight excluding hydrogens is 210 g/mol. The molecule has 5 heteroatoms. The largest absolute Gasteiger partial charge is 0.461 e. The minimum Gasteiger partial charge on any atom is -0.461 e. The third-order valence-electron chi connectivity index (χ3n) is 1.79. The summed E-state index contributed by atoms with van der Waals surface area (Å²) in [6.45, 7) is 0.145. The Morgan fingerprint density at radius 1 is 1.44 bits per heavy atom. The van der Waals surface area contributed by atoms with Gasteiger partial charge < -0.3 is 4.74 Å². The first-order valence-corrected chi connectivity index (χ1v) is 4.50. The number of nitro groups is 1. The van der Waals surface area contributed by atoms with E-state index in [2.05, 4.69) is 5.92 Å². The van der Waals surface area contributed by atoms with Gasteiger partial charge in [-0.1, -0.05) is 0 Å². The van der Waals surface area contributed by atoms with Crippen LogP contribution >= 0.6 is 0 Å². The lowest BCUT2D eigenvalue weighted by Crippen LogP contribution is -2.05. The molecule has 1 aromatic carbocycles. The number of ether oxygens (including phenoxy) is 1. The molecule has 0 radical (unpaired) electrons. The van der Waals surface area contributed by atoms with Gasteiger partial charge in [0.15, 0.2) is 0 Å². The van der Waals surface area contributed by atoms with Crippen molar-refractivity contribution in [2.75, 3.05) is 6.61 Å². The highest BCUT2D eigenvalue weighted by Crippen LogP contribution is 2.12. The van der Waals surface area contributed by atoms with E-state index in [-0.39, 0.29) is 17.9 Å². The lowest BCUT2D eigenvalue weighted by atomic mass is 10.2. The number of carbonyl (C=O) groups is 1. The van der Waals surface area contributed by atoms with Gasteiger partial charge in [0.1, 0.15) is 6.61 Å². The summed E-state index contributed by atoms with van der Waals surface area (Å²) in [5.74, 6) is 1.80. The number of non-ortho nitro benzene ring substituents is 1. The van der Waals surface area contributed by atoms with Gasteiger partial charge in [0.05, 0.1) is 10.5 Å². The minimum absolute atomic E-state index is 0.0693. The average Bonchev–Trinajstić information content (AvgIpc) is 2.29. The van der Waals surface area contributed by atoms with Crippen molar-refractivity contribution in [3.05, 3.63) is 39.9 Å². The molecule has 0 amide bonds. The molecular formula is C11H9NO4. The first-order chi connectivity index (χ1) is 7.65. The predicted molar refractivity (Wildman–Crippen MR) is 56.8 cm³/mol. The Morgan fingerprint density at radius 3 is 2.56 bits per heavy atom. The van der Waals surface area contributed by atoms with E-state index in [1.54, 1.807) is 0 Å². The molecule has 0 aliphatic heterocycles. The van der Waals surface area contributed by atoms with Crippen LogP contribution in [0.4, 0.5) is 5.69 Å². The summed E-state index contributed by atoms with van der Waals surface area (Å²) in [5.41, 5.74) is 0.197. The number of rotatable bonds is 4. The molecule has 0 N–H and O–H groups in total. The normalized spacial score (nSPS) is 9.19. The summed E-state index contributed by atoms with van der Waals surface area (Å²) in [6, 6.07) is 5.18. The zero-order valence-electron chi connectivity index (χ0n) is 8.38. The second kappa shape index (κ2) is 5.51. The summed E-state index contributed by atoms with van der Waals surface area (Å²) in [4.78, 5) is 21.2. The zero-order chi connectivity index (χ0) is 12.0. The second-order valence-corrected chi connectivity index (χ2v) is 2.89. The number of nitrogens with zero attached hydrogens (tertiary/aromatic N) is 1. The molecule has 0 bridgehead atoms. The van der Waals surface area contributed by atoms with Crippen LogP contribution in [-0.4, -0.2) is 17.5 Å². The third-order valence-corrected chi connectivity index (χ3v) is 1.79. The molecule has 0 aliphatic rings. The third kappa shape index (κ3) is 3.10. The Morgan fingerprint density at radius 2 is 2.06 bits per heavy atom. The van der Waals surface area contributed by atoms with Crippen molar-refractivity contribution in [1.29, 1.82) is 0 Å². The number of nitro benzene ring substituents is 1. The van der Waals surface area contributed by atoms with E-state index >= 15 is 0 Å². The van der Waals surface area contributed by atoms with Crippen molar-refractivity contribution >= 4 is 11.7 Å². The van der Waals surface area contributed by atoms with Crippen LogP contribution in [0.25, 0.3) is 0 Å². The van der Waals surface area contributed by atoms with Crippen LogP contribution in [0.3, 0.4) is 0 Å². The standard InChI is InChI=1S/C11H9NO4/c1-2-3-8-16-11(13)9-4-6-10(7-5-9)12(14)15/h1,4-7H,3,8H2. The SMILES string of the molecule is C#CCCOC(=O)c1ccc([N+](=O)[O-])cc1. The summed E-state index contributed by atoms with van der Waals surface area (Å²) >= 11 is 0. The van der Waals surface area contributed by atoms with Crippen molar-refractivity contribution in [3.63, 3.8) is 0 Å². The van der Waals surface area contributed by atoms with Crippen molar-refractivity contribution in [2.45, 2.75) is 6.42 Å². The van der Waals surface area contributed by atoms with E-state index in [0.717, 1.165) is 0 Å². The molecule has 0 spiro atoms. The van der Waals surface area contributed by atoms with Gasteiger partial charge in [0.25, 0.3) is 5.69 Å². The van der Waals surface area contributed by atoms with Gasteiger partial charge in [-0.2, -0.15) is 0 Å². The van der Waals surface area contributed by atoms with Gasteiger partial charge in [-0.05, 0) is 12.1 Å². The Balaban J connectivity index is 2.64. The van der Waals surface area contributed by atoms with E-state index in [9.17, 15) is 14.9 Å².